The van der Waals surface area contributed by atoms with Gasteiger partial charge in [-0.2, -0.15) is 8.42 Å². The highest BCUT2D eigenvalue weighted by molar-refractivity contribution is 7.85. The minimum Gasteiger partial charge on any atom is -0.474 e. The highest BCUT2D eigenvalue weighted by Gasteiger charge is 2.33. The quantitative estimate of drug-likeness (QED) is 0.584. The molecule has 2 aromatic rings. The third kappa shape index (κ3) is 5.00. The Morgan fingerprint density at radius 3 is 2.56 bits per heavy atom. The number of ether oxygens (including phenoxy) is 1. The predicted octanol–water partition coefficient (Wildman–Crippen LogP) is 2.68. The van der Waals surface area contributed by atoms with E-state index < -0.39 is 16.2 Å². The number of nitrogens with zero attached hydrogens (tertiary/aromatic N) is 4. The summed E-state index contributed by atoms with van der Waals surface area (Å²) in [5.41, 5.74) is 1.09. The number of piperazine rings is 1. The monoisotopic (exact) mass is 510 g/mol. The fourth-order valence-electron chi connectivity index (χ4n) is 5.47. The van der Waals surface area contributed by atoms with E-state index in [0.29, 0.717) is 25.0 Å². The van der Waals surface area contributed by atoms with Crippen molar-refractivity contribution in [2.45, 2.75) is 56.6 Å². The summed E-state index contributed by atoms with van der Waals surface area (Å²) in [4.78, 5) is 26.1. The fraction of sp³-hybridized carbons (Fsp3) is 0.682. The zero-order valence-electron chi connectivity index (χ0n) is 19.2. The Bertz CT molecular complexity index is 1150. The summed E-state index contributed by atoms with van der Waals surface area (Å²) < 4.78 is 34.6. The van der Waals surface area contributed by atoms with Crippen molar-refractivity contribution in [3.63, 3.8) is 0 Å². The lowest BCUT2D eigenvalue weighted by molar-refractivity contribution is 0.0507. The Kier molecular flexibility index (Phi) is 6.66. The van der Waals surface area contributed by atoms with Crippen LogP contribution in [0.3, 0.4) is 0 Å². The number of aromatic nitrogens is 2. The van der Waals surface area contributed by atoms with Crippen molar-refractivity contribution in [1.82, 2.24) is 19.8 Å². The largest absolute Gasteiger partial charge is 0.474 e. The molecular formula is C22H30N4O6S2. The van der Waals surface area contributed by atoms with E-state index in [-0.39, 0.29) is 18.6 Å². The van der Waals surface area contributed by atoms with Gasteiger partial charge in [0, 0.05) is 43.0 Å². The zero-order valence-corrected chi connectivity index (χ0v) is 20.8. The van der Waals surface area contributed by atoms with E-state index in [4.69, 9.17) is 14.0 Å². The molecular weight excluding hydrogens is 480 g/mol. The normalized spacial score (nSPS) is 26.0. The summed E-state index contributed by atoms with van der Waals surface area (Å²) in [5.74, 6) is 0.583. The van der Waals surface area contributed by atoms with Crippen molar-refractivity contribution < 1.29 is 27.2 Å². The van der Waals surface area contributed by atoms with Gasteiger partial charge in [-0.1, -0.05) is 0 Å². The van der Waals surface area contributed by atoms with Crippen LogP contribution in [-0.4, -0.2) is 90.6 Å². The highest BCUT2D eigenvalue weighted by atomic mass is 32.2. The molecule has 3 aliphatic rings. The molecule has 3 heterocycles. The molecule has 0 spiro atoms. The van der Waals surface area contributed by atoms with Crippen LogP contribution < -0.4 is 4.74 Å². The molecule has 186 valence electrons. The van der Waals surface area contributed by atoms with Crippen LogP contribution in [0.4, 0.5) is 4.79 Å². The van der Waals surface area contributed by atoms with Gasteiger partial charge >= 0.3 is 6.09 Å². The molecule has 0 unspecified atom stereocenters. The molecule has 1 saturated carbocycles. The molecule has 1 aliphatic heterocycles. The van der Waals surface area contributed by atoms with Gasteiger partial charge in [0.05, 0.1) is 18.2 Å². The van der Waals surface area contributed by atoms with Gasteiger partial charge in [0.25, 0.3) is 10.1 Å². The fourth-order valence-corrected chi connectivity index (χ4v) is 7.11. The summed E-state index contributed by atoms with van der Waals surface area (Å²) in [6.45, 7) is 2.84. The van der Waals surface area contributed by atoms with Gasteiger partial charge < -0.3 is 14.7 Å². The van der Waals surface area contributed by atoms with Crippen LogP contribution >= 0.6 is 11.3 Å². The summed E-state index contributed by atoms with van der Waals surface area (Å²) in [6.07, 6.45) is 7.44. The second-order valence-corrected chi connectivity index (χ2v) is 12.1. The number of carboxylic acid groups (broad SMARTS) is 1. The molecule has 1 N–H and O–H groups in total. The van der Waals surface area contributed by atoms with Gasteiger partial charge in [-0.25, -0.2) is 14.8 Å². The van der Waals surface area contributed by atoms with E-state index in [2.05, 4.69) is 14.9 Å². The van der Waals surface area contributed by atoms with Crippen LogP contribution in [0.2, 0.25) is 0 Å². The summed E-state index contributed by atoms with van der Waals surface area (Å²) in [5, 5.41) is 10.1. The zero-order chi connectivity index (χ0) is 23.9. The Morgan fingerprint density at radius 2 is 1.88 bits per heavy atom. The molecule has 5 rings (SSSR count). The maximum absolute atomic E-state index is 11.5. The minimum absolute atomic E-state index is 0.00738. The number of rotatable bonds is 6. The number of hydrogen-bond acceptors (Lipinski definition) is 9. The van der Waals surface area contributed by atoms with Gasteiger partial charge in [0.2, 0.25) is 5.88 Å². The summed E-state index contributed by atoms with van der Waals surface area (Å²) in [7, 11) is -3.50. The van der Waals surface area contributed by atoms with E-state index >= 15 is 0 Å². The Morgan fingerprint density at radius 1 is 1.15 bits per heavy atom. The average molecular weight is 511 g/mol. The second-order valence-electron chi connectivity index (χ2n) is 9.38. The molecule has 0 aromatic carbocycles. The molecule has 1 atom stereocenters. The minimum atomic E-state index is -3.50. The molecule has 2 aliphatic carbocycles. The molecule has 2 aromatic heterocycles. The third-order valence-electron chi connectivity index (χ3n) is 7.20. The van der Waals surface area contributed by atoms with E-state index in [1.807, 2.05) is 0 Å². The number of fused-ring (bicyclic) bond motifs is 3. The summed E-state index contributed by atoms with van der Waals surface area (Å²) >= 11 is 1.63. The Hall–Kier alpha value is -2.02. The van der Waals surface area contributed by atoms with E-state index in [9.17, 15) is 13.2 Å². The van der Waals surface area contributed by atoms with Crippen molar-refractivity contribution in [1.29, 1.82) is 0 Å². The van der Waals surface area contributed by atoms with Crippen LogP contribution in [0.25, 0.3) is 10.2 Å². The number of carbonyl (C=O) groups is 1. The van der Waals surface area contributed by atoms with Crippen LogP contribution in [-0.2, 0) is 20.7 Å². The van der Waals surface area contributed by atoms with Gasteiger partial charge in [-0.3, -0.25) is 9.08 Å². The van der Waals surface area contributed by atoms with E-state index in [1.54, 1.807) is 17.7 Å². The molecule has 12 heteroatoms. The first-order valence-corrected chi connectivity index (χ1v) is 14.4. The molecule has 1 saturated heterocycles. The van der Waals surface area contributed by atoms with Gasteiger partial charge in [-0.15, -0.1) is 11.3 Å². The van der Waals surface area contributed by atoms with Crippen LogP contribution in [0.5, 0.6) is 5.88 Å². The van der Waals surface area contributed by atoms with E-state index in [1.165, 1.54) is 9.78 Å². The average Bonchev–Trinajstić information content (AvgIpc) is 3.37. The van der Waals surface area contributed by atoms with Crippen molar-refractivity contribution in [3.05, 3.63) is 16.8 Å². The van der Waals surface area contributed by atoms with Gasteiger partial charge in [0.15, 0.2) is 0 Å². The molecule has 34 heavy (non-hydrogen) atoms. The maximum atomic E-state index is 11.5. The number of aryl methyl sites for hydroxylation is 1. The van der Waals surface area contributed by atoms with Gasteiger partial charge in [0.1, 0.15) is 17.3 Å². The summed E-state index contributed by atoms with van der Waals surface area (Å²) in [6, 6.07) is 0.462. The standard InChI is InChI=1S/C22H30N4O6S2/c1-34(29,30)31-12-14-2-7-17-18(14)19-20(23-13-24-21(19)33-17)32-16-5-3-15(4-6-16)25-8-10-26(11-9-25)22(27)28/h13-16H,2-12H2,1H3,(H,27,28)/t14-,15?,16?/m1/s1. The van der Waals surface area contributed by atoms with Crippen molar-refractivity contribution in [2.75, 3.05) is 39.0 Å². The molecule has 0 bridgehead atoms. The van der Waals surface area contributed by atoms with Crippen molar-refractivity contribution >= 4 is 37.8 Å². The topological polar surface area (TPSA) is 122 Å². The number of thiophene rings is 1. The van der Waals surface area contributed by atoms with Gasteiger partial charge in [-0.05, 0) is 44.1 Å². The number of amides is 1. The van der Waals surface area contributed by atoms with Crippen LogP contribution in [0, 0.1) is 0 Å². The SMILES string of the molecule is CS(=O)(=O)OC[C@H]1CCc2sc3ncnc(OC4CCC(N5CCN(C(=O)O)CC5)CC4)c3c21. The first-order chi connectivity index (χ1) is 16.3. The Labute approximate surface area is 203 Å². The first-order valence-electron chi connectivity index (χ1n) is 11.8. The molecule has 0 radical (unpaired) electrons. The highest BCUT2D eigenvalue weighted by Crippen LogP contribution is 2.46. The van der Waals surface area contributed by atoms with Crippen LogP contribution in [0.15, 0.2) is 6.33 Å². The van der Waals surface area contributed by atoms with Crippen molar-refractivity contribution in [2.24, 2.45) is 0 Å². The predicted molar refractivity (Wildman–Crippen MR) is 127 cm³/mol. The lowest BCUT2D eigenvalue weighted by atomic mass is 9.91. The van der Waals surface area contributed by atoms with Crippen molar-refractivity contribution in [3.8, 4) is 5.88 Å². The smallest absolute Gasteiger partial charge is 0.407 e. The second kappa shape index (κ2) is 9.56. The molecule has 1 amide bonds. The lowest BCUT2D eigenvalue weighted by Crippen LogP contribution is -2.52. The number of hydrogen-bond donors (Lipinski definition) is 1. The molecule has 2 fully saturated rings. The lowest BCUT2D eigenvalue weighted by Gasteiger charge is -2.41. The first kappa shape index (κ1) is 23.7. The maximum Gasteiger partial charge on any atom is 0.407 e. The molecule has 10 nitrogen and oxygen atoms in total. The van der Waals surface area contributed by atoms with Crippen LogP contribution in [0.1, 0.15) is 48.5 Å². The Balaban J connectivity index is 1.24. The van der Waals surface area contributed by atoms with E-state index in [0.717, 1.165) is 73.7 Å². The third-order valence-corrected chi connectivity index (χ3v) is 8.94.